The van der Waals surface area contributed by atoms with Gasteiger partial charge in [-0.1, -0.05) is 0 Å². The van der Waals surface area contributed by atoms with E-state index in [1.54, 1.807) is 30.6 Å². The molecule has 2 saturated carbocycles. The van der Waals surface area contributed by atoms with Gasteiger partial charge < -0.3 is 24.7 Å². The molecule has 8 heteroatoms. The minimum absolute atomic E-state index is 0.0674. The Labute approximate surface area is 215 Å². The number of hydrogen-bond donors (Lipinski definition) is 2. The summed E-state index contributed by atoms with van der Waals surface area (Å²) in [4.78, 5) is 32.4. The maximum atomic E-state index is 13.0. The zero-order valence-electron chi connectivity index (χ0n) is 20.9. The smallest absolute Gasteiger partial charge is 0.270 e. The number of thiophene rings is 1. The van der Waals surface area contributed by atoms with Crippen LogP contribution in [-0.4, -0.2) is 54.5 Å². The largest absolute Gasteiger partial charge is 0.493 e. The average molecular weight is 508 g/mol. The number of aromatic amines is 1. The fourth-order valence-electron chi connectivity index (χ4n) is 5.62. The molecule has 0 atom stereocenters. The van der Waals surface area contributed by atoms with Gasteiger partial charge in [0.25, 0.3) is 11.8 Å². The fraction of sp³-hybridized carbons (Fsp3) is 0.500. The van der Waals surface area contributed by atoms with E-state index in [2.05, 4.69) is 23.3 Å². The Balaban J connectivity index is 1.01. The summed E-state index contributed by atoms with van der Waals surface area (Å²) < 4.78 is 12.5. The number of methoxy groups -OCH3 is 1. The van der Waals surface area contributed by atoms with Crippen molar-refractivity contribution in [1.82, 2.24) is 15.2 Å². The van der Waals surface area contributed by atoms with E-state index in [0.717, 1.165) is 49.0 Å². The molecule has 1 aromatic carbocycles. The predicted molar refractivity (Wildman–Crippen MR) is 140 cm³/mol. The zero-order chi connectivity index (χ0) is 24.9. The van der Waals surface area contributed by atoms with Crippen LogP contribution in [0.5, 0.6) is 11.5 Å². The monoisotopic (exact) mass is 507 g/mol. The number of ether oxygens (including phenoxy) is 2. The van der Waals surface area contributed by atoms with Gasteiger partial charge in [0.15, 0.2) is 11.5 Å². The topological polar surface area (TPSA) is 83.7 Å². The van der Waals surface area contributed by atoms with Crippen molar-refractivity contribution in [2.75, 3.05) is 26.8 Å². The van der Waals surface area contributed by atoms with E-state index in [4.69, 9.17) is 9.47 Å². The van der Waals surface area contributed by atoms with E-state index in [9.17, 15) is 9.59 Å². The summed E-state index contributed by atoms with van der Waals surface area (Å²) >= 11 is 1.71. The summed E-state index contributed by atoms with van der Waals surface area (Å²) in [5, 5.41) is 3.22. The van der Waals surface area contributed by atoms with Gasteiger partial charge in [-0.25, -0.2) is 0 Å². The molecule has 7 nitrogen and oxygen atoms in total. The number of hydrogen-bond acceptors (Lipinski definition) is 5. The highest BCUT2D eigenvalue weighted by molar-refractivity contribution is 7.19. The molecule has 190 valence electrons. The summed E-state index contributed by atoms with van der Waals surface area (Å²) in [5.74, 6) is 1.95. The van der Waals surface area contributed by atoms with Crippen LogP contribution in [0.15, 0.2) is 30.3 Å². The molecule has 2 N–H and O–H groups in total. The van der Waals surface area contributed by atoms with Crippen molar-refractivity contribution >= 4 is 33.4 Å². The van der Waals surface area contributed by atoms with E-state index in [1.165, 1.54) is 17.7 Å². The van der Waals surface area contributed by atoms with E-state index in [0.29, 0.717) is 35.3 Å². The Kier molecular flexibility index (Phi) is 5.94. The number of carbonyl (C=O) groups excluding carboxylic acids is 2. The normalized spacial score (nSPS) is 19.3. The zero-order valence-corrected chi connectivity index (χ0v) is 21.7. The SMILES string of the molecule is COc1ccc(C(=O)NC2CCC3(CC2)CN(C(=O)c2cc4sc(C)cc4[nH]2)C3)cc1OCC1CC1. The molecule has 3 aliphatic rings. The van der Waals surface area contributed by atoms with Crippen molar-refractivity contribution in [3.8, 4) is 11.5 Å². The number of aromatic nitrogens is 1. The molecule has 3 fully saturated rings. The summed E-state index contributed by atoms with van der Waals surface area (Å²) in [7, 11) is 1.62. The summed E-state index contributed by atoms with van der Waals surface area (Å²) in [6, 6.07) is 9.63. The second kappa shape index (κ2) is 9.14. The Bertz CT molecular complexity index is 1260. The first kappa shape index (κ1) is 23.4. The minimum atomic E-state index is -0.0674. The fourth-order valence-corrected chi connectivity index (χ4v) is 6.54. The summed E-state index contributed by atoms with van der Waals surface area (Å²) in [6.07, 6.45) is 6.35. The molecule has 1 saturated heterocycles. The molecule has 0 unspecified atom stereocenters. The molecule has 0 bridgehead atoms. The van der Waals surface area contributed by atoms with Gasteiger partial charge in [-0.05, 0) is 81.7 Å². The van der Waals surface area contributed by atoms with Gasteiger partial charge in [-0.3, -0.25) is 9.59 Å². The highest BCUT2D eigenvalue weighted by Gasteiger charge is 2.47. The molecule has 3 aromatic rings. The first-order chi connectivity index (χ1) is 17.4. The van der Waals surface area contributed by atoms with E-state index < -0.39 is 0 Å². The van der Waals surface area contributed by atoms with E-state index in [-0.39, 0.29) is 23.3 Å². The number of benzene rings is 1. The molecular formula is C28H33N3O4S. The highest BCUT2D eigenvalue weighted by atomic mass is 32.1. The number of fused-ring (bicyclic) bond motifs is 1. The number of rotatable bonds is 7. The minimum Gasteiger partial charge on any atom is -0.493 e. The van der Waals surface area contributed by atoms with Crippen LogP contribution in [0.4, 0.5) is 0 Å². The molecule has 2 aliphatic carbocycles. The molecule has 1 aliphatic heterocycles. The van der Waals surface area contributed by atoms with E-state index >= 15 is 0 Å². The lowest BCUT2D eigenvalue weighted by Gasteiger charge is -2.53. The summed E-state index contributed by atoms with van der Waals surface area (Å²) in [6.45, 7) is 4.36. The third kappa shape index (κ3) is 4.59. The standard InChI is InChI=1S/C28H33N3O4S/c1-17-11-21-25(36-17)13-22(30-21)27(33)31-15-28(16-31)9-7-20(8-10-28)29-26(32)19-5-6-23(34-2)24(12-19)35-14-18-3-4-18/h5-6,11-13,18,20,30H,3-4,7-10,14-16H2,1-2H3,(H,29,32). The quantitative estimate of drug-likeness (QED) is 0.463. The third-order valence-electron chi connectivity index (χ3n) is 7.98. The number of H-pyrrole nitrogens is 1. The number of carbonyl (C=O) groups is 2. The van der Waals surface area contributed by atoms with Gasteiger partial charge in [0.2, 0.25) is 0 Å². The highest BCUT2D eigenvalue weighted by Crippen LogP contribution is 2.44. The Morgan fingerprint density at radius 2 is 1.89 bits per heavy atom. The van der Waals surface area contributed by atoms with Gasteiger partial charge in [0.1, 0.15) is 5.69 Å². The number of likely N-dealkylation sites (tertiary alicyclic amines) is 1. The van der Waals surface area contributed by atoms with Crippen LogP contribution in [-0.2, 0) is 0 Å². The molecular weight excluding hydrogens is 474 g/mol. The van der Waals surface area contributed by atoms with Crippen LogP contribution >= 0.6 is 11.3 Å². The maximum absolute atomic E-state index is 13.0. The van der Waals surface area contributed by atoms with Crippen molar-refractivity contribution in [2.24, 2.45) is 11.3 Å². The van der Waals surface area contributed by atoms with Crippen molar-refractivity contribution in [3.63, 3.8) is 0 Å². The number of nitrogens with zero attached hydrogens (tertiary/aromatic N) is 1. The van der Waals surface area contributed by atoms with Crippen LogP contribution in [0.1, 0.15) is 64.2 Å². The maximum Gasteiger partial charge on any atom is 0.270 e. The Hall–Kier alpha value is -3.00. The van der Waals surface area contributed by atoms with Crippen LogP contribution in [0.3, 0.4) is 0 Å². The lowest BCUT2D eigenvalue weighted by Crippen LogP contribution is -2.60. The lowest BCUT2D eigenvalue weighted by molar-refractivity contribution is -0.0201. The second-order valence-electron chi connectivity index (χ2n) is 10.8. The van der Waals surface area contributed by atoms with Crippen LogP contribution in [0.2, 0.25) is 0 Å². The van der Waals surface area contributed by atoms with Crippen LogP contribution in [0, 0.1) is 18.3 Å². The average Bonchev–Trinajstić information content (AvgIpc) is 3.51. The van der Waals surface area contributed by atoms with Crippen molar-refractivity contribution in [3.05, 3.63) is 46.5 Å². The van der Waals surface area contributed by atoms with Crippen LogP contribution in [0.25, 0.3) is 10.2 Å². The lowest BCUT2D eigenvalue weighted by atomic mass is 9.67. The van der Waals surface area contributed by atoms with Gasteiger partial charge >= 0.3 is 0 Å². The van der Waals surface area contributed by atoms with Crippen molar-refractivity contribution in [2.45, 2.75) is 51.5 Å². The predicted octanol–water partition coefficient (Wildman–Crippen LogP) is 5.15. The number of amides is 2. The molecule has 2 amide bonds. The first-order valence-electron chi connectivity index (χ1n) is 12.9. The number of nitrogens with one attached hydrogen (secondary N) is 2. The number of aryl methyl sites for hydroxylation is 1. The molecule has 1 spiro atoms. The van der Waals surface area contributed by atoms with Crippen molar-refractivity contribution in [1.29, 1.82) is 0 Å². The van der Waals surface area contributed by atoms with Crippen molar-refractivity contribution < 1.29 is 19.1 Å². The van der Waals surface area contributed by atoms with Gasteiger partial charge in [0.05, 0.1) is 23.9 Å². The van der Waals surface area contributed by atoms with E-state index in [1.807, 2.05) is 17.0 Å². The van der Waals surface area contributed by atoms with Crippen LogP contribution < -0.4 is 14.8 Å². The van der Waals surface area contributed by atoms with Gasteiger partial charge in [-0.15, -0.1) is 11.3 Å². The van der Waals surface area contributed by atoms with Gasteiger partial charge in [-0.2, -0.15) is 0 Å². The van der Waals surface area contributed by atoms with Gasteiger partial charge in [0, 0.05) is 35.0 Å². The molecule has 36 heavy (non-hydrogen) atoms. The third-order valence-corrected chi connectivity index (χ3v) is 8.98. The molecule has 3 heterocycles. The molecule has 0 radical (unpaired) electrons. The molecule has 6 rings (SSSR count). The molecule has 2 aromatic heterocycles. The Morgan fingerprint density at radius 1 is 1.11 bits per heavy atom. The first-order valence-corrected chi connectivity index (χ1v) is 13.7. The summed E-state index contributed by atoms with van der Waals surface area (Å²) in [5.41, 5.74) is 2.53. The Morgan fingerprint density at radius 3 is 2.58 bits per heavy atom. The second-order valence-corrected chi connectivity index (χ2v) is 12.1.